The monoisotopic (exact) mass is 270 g/mol. The van der Waals surface area contributed by atoms with Crippen LogP contribution in [0.2, 0.25) is 0 Å². The summed E-state index contributed by atoms with van der Waals surface area (Å²) >= 11 is 1.55. The molecule has 0 radical (unpaired) electrons. The number of carbonyl (C=O) groups excluding carboxylic acids is 1. The van der Waals surface area contributed by atoms with Gasteiger partial charge in [0.25, 0.3) is 0 Å². The van der Waals surface area contributed by atoms with Crippen molar-refractivity contribution in [2.45, 2.75) is 6.92 Å². The molecule has 0 N–H and O–H groups in total. The van der Waals surface area contributed by atoms with E-state index in [0.29, 0.717) is 11.6 Å². The first-order chi connectivity index (χ1) is 9.22. The maximum Gasteiger partial charge on any atom is 0.363 e. The van der Waals surface area contributed by atoms with Crippen LogP contribution in [0, 0.1) is 6.92 Å². The first-order valence-electron chi connectivity index (χ1n) is 5.72. The molecule has 1 aliphatic rings. The fraction of sp³-hybridized carbons (Fsp3) is 0.0714. The third-order valence-electron chi connectivity index (χ3n) is 2.56. The summed E-state index contributed by atoms with van der Waals surface area (Å²) in [6.07, 6.45) is 5.02. The molecule has 0 aliphatic carbocycles. The molecule has 94 valence electrons. The predicted octanol–water partition coefficient (Wildman–Crippen LogP) is 2.80. The van der Waals surface area contributed by atoms with Crippen LogP contribution in [0.25, 0.3) is 6.08 Å². The van der Waals surface area contributed by atoms with E-state index in [4.69, 9.17) is 4.74 Å². The Bertz CT molecular complexity index is 686. The lowest BCUT2D eigenvalue weighted by atomic mass is 10.2. The fourth-order valence-electron chi connectivity index (χ4n) is 1.68. The lowest BCUT2D eigenvalue weighted by molar-refractivity contribution is -0.129. The number of ether oxygens (including phenoxy) is 1. The summed E-state index contributed by atoms with van der Waals surface area (Å²) in [6.45, 7) is 2.00. The van der Waals surface area contributed by atoms with Crippen molar-refractivity contribution in [3.63, 3.8) is 0 Å². The second-order valence-corrected chi connectivity index (χ2v) is 5.32. The van der Waals surface area contributed by atoms with Crippen LogP contribution in [-0.4, -0.2) is 16.9 Å². The second kappa shape index (κ2) is 4.78. The number of aryl methyl sites for hydroxylation is 1. The Labute approximate surface area is 114 Å². The molecule has 0 fully saturated rings. The smallest absolute Gasteiger partial charge is 0.363 e. The highest BCUT2D eigenvalue weighted by atomic mass is 32.1. The quantitative estimate of drug-likeness (QED) is 0.623. The number of cyclic esters (lactones) is 1. The number of aliphatic imine (C=N–C) groups is 1. The van der Waals surface area contributed by atoms with Crippen LogP contribution < -0.4 is 0 Å². The Morgan fingerprint density at radius 2 is 2.21 bits per heavy atom. The third kappa shape index (κ3) is 2.46. The van der Waals surface area contributed by atoms with Crippen LogP contribution in [0.15, 0.2) is 47.3 Å². The maximum absolute atomic E-state index is 11.7. The minimum Gasteiger partial charge on any atom is -0.401 e. The molecule has 0 spiro atoms. The minimum atomic E-state index is -0.426. The van der Waals surface area contributed by atoms with E-state index < -0.39 is 5.97 Å². The normalized spacial score (nSPS) is 16.6. The number of thiophene rings is 1. The summed E-state index contributed by atoms with van der Waals surface area (Å²) in [6, 6.07) is 7.54. The van der Waals surface area contributed by atoms with E-state index in [1.807, 2.05) is 25.1 Å². The molecule has 0 saturated carbocycles. The van der Waals surface area contributed by atoms with Gasteiger partial charge in [-0.2, -0.15) is 0 Å². The molecule has 3 rings (SSSR count). The van der Waals surface area contributed by atoms with Crippen LogP contribution in [0.1, 0.15) is 15.3 Å². The van der Waals surface area contributed by atoms with E-state index in [9.17, 15) is 4.79 Å². The van der Waals surface area contributed by atoms with Gasteiger partial charge in [-0.1, -0.05) is 6.07 Å². The van der Waals surface area contributed by atoms with E-state index in [1.165, 1.54) is 0 Å². The third-order valence-corrected chi connectivity index (χ3v) is 3.55. The van der Waals surface area contributed by atoms with Gasteiger partial charge in [0.05, 0.1) is 4.88 Å². The number of pyridine rings is 1. The Morgan fingerprint density at radius 3 is 2.89 bits per heavy atom. The molecule has 1 aliphatic heterocycles. The van der Waals surface area contributed by atoms with Crippen LogP contribution in [0.5, 0.6) is 0 Å². The summed E-state index contributed by atoms with van der Waals surface area (Å²) in [7, 11) is 0. The Balaban J connectivity index is 1.94. The van der Waals surface area contributed by atoms with E-state index in [0.717, 1.165) is 15.3 Å². The molecule has 0 saturated heterocycles. The molecule has 0 unspecified atom stereocenters. The highest BCUT2D eigenvalue weighted by Crippen LogP contribution is 2.23. The van der Waals surface area contributed by atoms with E-state index in [-0.39, 0.29) is 0 Å². The van der Waals surface area contributed by atoms with Crippen molar-refractivity contribution in [3.05, 3.63) is 57.7 Å². The van der Waals surface area contributed by atoms with Crippen molar-refractivity contribution in [3.8, 4) is 0 Å². The molecule has 2 aromatic heterocycles. The molecular weight excluding hydrogens is 260 g/mol. The first kappa shape index (κ1) is 11.8. The summed E-state index contributed by atoms with van der Waals surface area (Å²) in [5, 5.41) is 0. The lowest BCUT2D eigenvalue weighted by Crippen LogP contribution is -2.03. The summed E-state index contributed by atoms with van der Waals surface area (Å²) < 4.78 is 5.18. The number of hydrogen-bond donors (Lipinski definition) is 0. The highest BCUT2D eigenvalue weighted by Gasteiger charge is 2.24. The number of carbonyl (C=O) groups is 1. The van der Waals surface area contributed by atoms with Gasteiger partial charge in [0.15, 0.2) is 5.70 Å². The number of hydrogen-bond acceptors (Lipinski definition) is 5. The number of esters is 1. The minimum absolute atomic E-state index is 0.300. The molecule has 0 aromatic carbocycles. The SMILES string of the molecule is Cc1ccc(C2=N/C(=C/c3cccnc3)C(=O)O2)s1. The zero-order valence-corrected chi connectivity index (χ0v) is 11.0. The molecule has 19 heavy (non-hydrogen) atoms. The van der Waals surface area contributed by atoms with E-state index >= 15 is 0 Å². The summed E-state index contributed by atoms with van der Waals surface area (Å²) in [4.78, 5) is 22.0. The molecule has 0 amide bonds. The summed E-state index contributed by atoms with van der Waals surface area (Å²) in [5.41, 5.74) is 1.12. The predicted molar refractivity (Wildman–Crippen MR) is 73.9 cm³/mol. The van der Waals surface area contributed by atoms with Gasteiger partial charge < -0.3 is 4.74 Å². The largest absolute Gasteiger partial charge is 0.401 e. The Hall–Kier alpha value is -2.27. The van der Waals surface area contributed by atoms with Gasteiger partial charge in [-0.25, -0.2) is 9.79 Å². The van der Waals surface area contributed by atoms with E-state index in [1.54, 1.807) is 35.9 Å². The average Bonchev–Trinajstić information content (AvgIpc) is 2.98. The van der Waals surface area contributed by atoms with Crippen LogP contribution in [-0.2, 0) is 9.53 Å². The van der Waals surface area contributed by atoms with Crippen molar-refractivity contribution in [1.29, 1.82) is 0 Å². The van der Waals surface area contributed by atoms with Gasteiger partial charge in [0.2, 0.25) is 5.90 Å². The Morgan fingerprint density at radius 1 is 1.32 bits per heavy atom. The number of aromatic nitrogens is 1. The molecule has 5 heteroatoms. The van der Waals surface area contributed by atoms with Crippen molar-refractivity contribution in [2.75, 3.05) is 0 Å². The second-order valence-electron chi connectivity index (χ2n) is 4.03. The first-order valence-corrected chi connectivity index (χ1v) is 6.53. The molecular formula is C14H10N2O2S. The van der Waals surface area contributed by atoms with E-state index in [2.05, 4.69) is 9.98 Å². The van der Waals surface area contributed by atoms with Crippen LogP contribution >= 0.6 is 11.3 Å². The lowest BCUT2D eigenvalue weighted by Gasteiger charge is -1.93. The molecule has 4 nitrogen and oxygen atoms in total. The molecule has 0 bridgehead atoms. The van der Waals surface area contributed by atoms with Crippen molar-refractivity contribution in [1.82, 2.24) is 4.98 Å². The van der Waals surface area contributed by atoms with Crippen LogP contribution in [0.4, 0.5) is 0 Å². The topological polar surface area (TPSA) is 51.5 Å². The maximum atomic E-state index is 11.7. The highest BCUT2D eigenvalue weighted by molar-refractivity contribution is 7.14. The molecule has 3 heterocycles. The zero-order valence-electron chi connectivity index (χ0n) is 10.2. The summed E-state index contributed by atoms with van der Waals surface area (Å²) in [5.74, 6) is -0.0526. The fourth-order valence-corrected chi connectivity index (χ4v) is 2.48. The average molecular weight is 270 g/mol. The van der Waals surface area contributed by atoms with Gasteiger partial charge in [-0.15, -0.1) is 11.3 Å². The van der Waals surface area contributed by atoms with Gasteiger partial charge >= 0.3 is 5.97 Å². The Kier molecular flexibility index (Phi) is 2.97. The van der Waals surface area contributed by atoms with Crippen LogP contribution in [0.3, 0.4) is 0 Å². The van der Waals surface area contributed by atoms with Gasteiger partial charge in [0.1, 0.15) is 0 Å². The van der Waals surface area contributed by atoms with Crippen molar-refractivity contribution < 1.29 is 9.53 Å². The zero-order chi connectivity index (χ0) is 13.2. The van der Waals surface area contributed by atoms with Gasteiger partial charge in [0, 0.05) is 17.3 Å². The van der Waals surface area contributed by atoms with Crippen molar-refractivity contribution >= 4 is 29.3 Å². The number of nitrogens with zero attached hydrogens (tertiary/aromatic N) is 2. The standard InChI is InChI=1S/C14H10N2O2S/c1-9-4-5-12(19-9)13-16-11(14(17)18-13)7-10-3-2-6-15-8-10/h2-8H,1H3/b11-7+. The van der Waals surface area contributed by atoms with Crippen molar-refractivity contribution in [2.24, 2.45) is 4.99 Å². The number of rotatable bonds is 2. The van der Waals surface area contributed by atoms with Gasteiger partial charge in [-0.3, -0.25) is 4.98 Å². The molecule has 2 aromatic rings. The molecule has 0 atom stereocenters. The van der Waals surface area contributed by atoms with Gasteiger partial charge in [-0.05, 0) is 36.8 Å².